The molecule has 16 aromatic carbocycles. The predicted octanol–water partition coefficient (Wildman–Crippen LogP) is 27.0. The third-order valence-corrected chi connectivity index (χ3v) is 40.1. The minimum Gasteiger partial charge on any atom is -0.326 e. The summed E-state index contributed by atoms with van der Waals surface area (Å²) in [5, 5.41) is 4.81. The summed E-state index contributed by atoms with van der Waals surface area (Å²) < 4.78 is 87.9. The van der Waals surface area contributed by atoms with Crippen LogP contribution in [0, 0.1) is 66.7 Å². The van der Waals surface area contributed by atoms with Crippen LogP contribution in [-0.4, -0.2) is 51.9 Å². The van der Waals surface area contributed by atoms with Gasteiger partial charge in [0.05, 0.1) is 0 Å². The highest BCUT2D eigenvalue weighted by molar-refractivity contribution is 8.01. The van der Waals surface area contributed by atoms with Crippen LogP contribution >= 0.6 is 43.1 Å². The number of carbonyl (C=O) groups is 7. The van der Waals surface area contributed by atoms with Crippen molar-refractivity contribution in [1.29, 1.82) is 0 Å². The molecule has 0 radical (unpaired) electrons. The van der Waals surface area contributed by atoms with Crippen molar-refractivity contribution >= 4 is 129 Å². The molecule has 16 rings (SSSR count). The molecule has 16 aromatic rings. The van der Waals surface area contributed by atoms with E-state index < -0.39 is 54.1 Å². The van der Waals surface area contributed by atoms with E-state index >= 15 is 0 Å². The second kappa shape index (κ2) is 48.9. The molecule has 0 heterocycles. The second-order valence-electron chi connectivity index (χ2n) is 35.4. The van der Waals surface area contributed by atoms with Crippen molar-refractivity contribution in [2.24, 2.45) is 11.3 Å². The molecule has 0 aliphatic carbocycles. The van der Waals surface area contributed by atoms with Crippen molar-refractivity contribution in [3.05, 3.63) is 520 Å². The topological polar surface area (TPSA) is 231 Å². The Bertz CT molecular complexity index is 7010. The van der Waals surface area contributed by atoms with E-state index in [-0.39, 0.29) is 55.4 Å². The molecule has 0 saturated carbocycles. The molecule has 0 fully saturated rings. The molecule has 20 heteroatoms. The van der Waals surface area contributed by atoms with Gasteiger partial charge < -0.3 is 27.3 Å². The fourth-order valence-electron chi connectivity index (χ4n) is 16.9. The van der Waals surface area contributed by atoms with Gasteiger partial charge in [-0.25, -0.2) is 0 Å². The van der Waals surface area contributed by atoms with E-state index in [1.807, 2.05) is 263 Å². The quantitative estimate of drug-likeness (QED) is 0.0436. The number of hydrogen-bond acceptors (Lipinski definition) is 14. The van der Waals surface area contributed by atoms with Crippen LogP contribution in [0.2, 0.25) is 0 Å². The lowest BCUT2D eigenvalue weighted by molar-refractivity contribution is 0.103. The first kappa shape index (κ1) is 107. The Morgan fingerprint density at radius 3 is 0.729 bits per heavy atom. The van der Waals surface area contributed by atoms with Gasteiger partial charge in [0.15, 0.2) is 0 Å². The molecule has 2 unspecified atom stereocenters. The molecule has 710 valence electrons. The third-order valence-electron chi connectivity index (χ3n) is 23.4. The standard InChI is InChI=1S/C22H21O2P.C20H15O3P.2C20H17O2P.C19H31O3P.C19H15O2P/c1-16-14-17(2)21(18(3)15-16)22(23)25(24,19-10-6-4-7-11-19)20-12-8-5-9-13-20;21-19(16-10-4-1-5-11-16)24(23,18-14-8-3-9-15-18)20(22)17-12-6-2-7-13-17;1-16-10-8-9-15-19(16)20(21)23(22,17-11-4-2-5-12-17)18-13-6-3-7-14-18;1-16-12-14-17(15-13-16)20(21)23(22,18-8-4-2-5-9-18)19-10-6-3-7-11-19;1-13-9-15(3)17(16(4)10-13)18(20)23(21,22-8)12-14(2)11-19(5,6)7;20-19(16-10-4-1-5-11-16)22(21,17-12-6-2-7-13-17)18-14-8-3-9-15-18/h4-15H,1-3H3;1-15H;2*2-15H,1H3;9-10,14H,11-12H2,1-8H3;1-15H. The van der Waals surface area contributed by atoms with Crippen molar-refractivity contribution in [2.45, 2.75) is 89.5 Å². The average molecular weight is 1970 g/mol. The van der Waals surface area contributed by atoms with Crippen molar-refractivity contribution in [1.82, 2.24) is 0 Å². The van der Waals surface area contributed by atoms with Crippen LogP contribution in [-0.2, 0) is 31.9 Å². The zero-order valence-electron chi connectivity index (χ0n) is 81.0. The maximum Gasteiger partial charge on any atom is 0.271 e. The van der Waals surface area contributed by atoms with Crippen LogP contribution in [0.4, 0.5) is 0 Å². The average Bonchev–Trinajstić information content (AvgIpc) is 0.752. The SMILES string of the molecule is COP(=O)(CC(C)CC(C)(C)C)C(=O)c1c(C)cc(C)cc1C.Cc1cc(C)c(C(=O)P(=O)(c2ccccc2)c2ccccc2)c(C)c1.Cc1ccc(C(=O)P(=O)(c2ccccc2)c2ccccc2)cc1.Cc1ccccc1C(=O)P(=O)(c1ccccc1)c1ccccc1.O=C(c1ccccc1)P(=O)(C(=O)c1ccccc1)c1ccccc1.O=C(c1ccccc1)P(=O)(c1ccccc1)c1ccccc1. The van der Waals surface area contributed by atoms with Crippen LogP contribution in [0.5, 0.6) is 0 Å². The van der Waals surface area contributed by atoms with Crippen LogP contribution < -0.4 is 47.7 Å². The molecule has 0 N–H and O–H groups in total. The van der Waals surface area contributed by atoms with Gasteiger partial charge in [0.25, 0.3) is 7.37 Å². The molecule has 0 spiro atoms. The van der Waals surface area contributed by atoms with Gasteiger partial charge in [0.1, 0.15) is 0 Å². The molecular weight excluding hydrogens is 1850 g/mol. The first-order valence-electron chi connectivity index (χ1n) is 45.9. The van der Waals surface area contributed by atoms with Crippen molar-refractivity contribution in [2.75, 3.05) is 13.3 Å². The minimum atomic E-state index is -3.98. The van der Waals surface area contributed by atoms with Crippen LogP contribution in [0.3, 0.4) is 0 Å². The molecule has 0 saturated heterocycles. The Morgan fingerprint density at radius 1 is 0.243 bits per heavy atom. The second-order valence-corrected chi connectivity index (χ2v) is 51.1. The van der Waals surface area contributed by atoms with Gasteiger partial charge in [-0.3, -0.25) is 38.1 Å². The number of carbonyl (C=O) groups excluding carboxylic acids is 7. The lowest BCUT2D eigenvalue weighted by Gasteiger charge is -2.26. The van der Waals surface area contributed by atoms with E-state index in [1.165, 1.54) is 7.11 Å². The first-order valence-corrected chi connectivity index (χ1v) is 56.2. The molecule has 0 amide bonds. The Kier molecular flexibility index (Phi) is 37.4. The van der Waals surface area contributed by atoms with E-state index in [0.717, 1.165) is 50.9 Å². The summed E-state index contributed by atoms with van der Waals surface area (Å²) in [5.74, 6) is 0.163. The molecule has 0 aromatic heterocycles. The van der Waals surface area contributed by atoms with E-state index in [2.05, 4.69) is 20.8 Å². The fraction of sp³-hybridized carbons (Fsp3) is 0.142. The minimum absolute atomic E-state index is 0.136. The van der Waals surface area contributed by atoms with E-state index in [1.54, 1.807) is 237 Å². The summed E-state index contributed by atoms with van der Waals surface area (Å²) in [6, 6.07) is 128. The number of aryl methyl sites for hydroxylation is 8. The smallest absolute Gasteiger partial charge is 0.271 e. The highest BCUT2D eigenvalue weighted by Gasteiger charge is 2.45. The highest BCUT2D eigenvalue weighted by atomic mass is 31.2. The van der Waals surface area contributed by atoms with Crippen molar-refractivity contribution in [3.8, 4) is 0 Å². The Balaban J connectivity index is 0.000000161. The summed E-state index contributed by atoms with van der Waals surface area (Å²) in [7, 11) is -19.6. The molecule has 0 bridgehead atoms. The van der Waals surface area contributed by atoms with Crippen molar-refractivity contribution < 1.29 is 65.5 Å². The Hall–Kier alpha value is -13.5. The van der Waals surface area contributed by atoms with Crippen LogP contribution in [0.1, 0.15) is 151 Å². The van der Waals surface area contributed by atoms with E-state index in [9.17, 15) is 61.0 Å². The summed E-state index contributed by atoms with van der Waals surface area (Å²) in [5.41, 5.74) is 7.99. The zero-order valence-corrected chi connectivity index (χ0v) is 86.3. The normalized spacial score (nSPS) is 11.9. The lowest BCUT2D eigenvalue weighted by Crippen LogP contribution is -2.23. The fourth-order valence-corrected chi connectivity index (χ4v) is 31.4. The molecule has 0 aliphatic heterocycles. The maximum atomic E-state index is 14.2. The molecule has 0 aliphatic rings. The Morgan fingerprint density at radius 2 is 0.464 bits per heavy atom. The van der Waals surface area contributed by atoms with Crippen LogP contribution in [0.25, 0.3) is 0 Å². The summed E-state index contributed by atoms with van der Waals surface area (Å²) in [6.07, 6.45) is 1.20. The zero-order chi connectivity index (χ0) is 101. The Labute approximate surface area is 823 Å². The van der Waals surface area contributed by atoms with Crippen molar-refractivity contribution in [3.63, 3.8) is 0 Å². The van der Waals surface area contributed by atoms with E-state index in [0.29, 0.717) is 76.4 Å². The maximum absolute atomic E-state index is 14.2. The van der Waals surface area contributed by atoms with Gasteiger partial charge >= 0.3 is 0 Å². The molecule has 2 atom stereocenters. The van der Waals surface area contributed by atoms with Gasteiger partial charge in [0, 0.05) is 100.0 Å². The van der Waals surface area contributed by atoms with E-state index in [4.69, 9.17) is 4.52 Å². The van der Waals surface area contributed by atoms with Gasteiger partial charge in [-0.15, -0.1) is 0 Å². The number of hydrogen-bond donors (Lipinski definition) is 0. The molecule has 14 nitrogen and oxygen atoms in total. The molecular formula is C120H116O14P6. The first-order chi connectivity index (χ1) is 67.0. The van der Waals surface area contributed by atoms with Gasteiger partial charge in [-0.05, 0) is 101 Å². The van der Waals surface area contributed by atoms with Gasteiger partial charge in [-0.2, -0.15) is 0 Å². The van der Waals surface area contributed by atoms with Crippen LogP contribution in [0.15, 0.2) is 437 Å². The number of rotatable bonds is 27. The largest absolute Gasteiger partial charge is 0.326 e. The summed E-state index contributed by atoms with van der Waals surface area (Å²) in [6.45, 7) is 23.9. The number of benzene rings is 16. The monoisotopic (exact) mass is 1970 g/mol. The summed E-state index contributed by atoms with van der Waals surface area (Å²) in [4.78, 5) is 91.9. The highest BCUT2D eigenvalue weighted by Crippen LogP contribution is 2.56. The third kappa shape index (κ3) is 25.6. The molecule has 140 heavy (non-hydrogen) atoms. The lowest BCUT2D eigenvalue weighted by atomic mass is 9.86. The van der Waals surface area contributed by atoms with Gasteiger partial charge in [-0.1, -0.05) is 481 Å². The van der Waals surface area contributed by atoms with Gasteiger partial charge in [0.2, 0.25) is 74.4 Å². The summed E-state index contributed by atoms with van der Waals surface area (Å²) >= 11 is 0. The predicted molar refractivity (Wildman–Crippen MR) is 579 cm³/mol.